The Kier molecular flexibility index (Phi) is 4.19. The molecule has 0 amide bonds. The Balaban J connectivity index is 2.93. The topological polar surface area (TPSA) is 50.2 Å². The van der Waals surface area contributed by atoms with Gasteiger partial charge in [0.1, 0.15) is 0 Å². The van der Waals surface area contributed by atoms with Gasteiger partial charge in [-0.3, -0.25) is 0 Å². The molecule has 1 aromatic rings. The van der Waals surface area contributed by atoms with Crippen molar-refractivity contribution >= 4 is 18.6 Å². The summed E-state index contributed by atoms with van der Waals surface area (Å²) in [6.07, 6.45) is 2.19. The van der Waals surface area contributed by atoms with Crippen LogP contribution in [-0.4, -0.2) is 21.8 Å². The lowest BCUT2D eigenvalue weighted by atomic mass is 10.1. The number of aryl methyl sites for hydroxylation is 1. The molecule has 0 bridgehead atoms. The van der Waals surface area contributed by atoms with Crippen molar-refractivity contribution in [3.8, 4) is 11.8 Å². The molecule has 0 aliphatic heterocycles. The first kappa shape index (κ1) is 11.6. The number of carboxylic acid groups (broad SMARTS) is 1. The minimum atomic E-state index is -1.01. The molecule has 0 radical (unpaired) electrons. The van der Waals surface area contributed by atoms with Gasteiger partial charge in [0.25, 0.3) is 0 Å². The molecule has 0 aliphatic carbocycles. The first-order valence-corrected chi connectivity index (χ1v) is 5.08. The van der Waals surface area contributed by atoms with E-state index >= 15 is 0 Å². The number of thiol groups is 1. The molecule has 1 heterocycles. The van der Waals surface area contributed by atoms with Gasteiger partial charge in [-0.15, -0.1) is 0 Å². The van der Waals surface area contributed by atoms with Gasteiger partial charge in [-0.05, 0) is 18.6 Å². The molecule has 15 heavy (non-hydrogen) atoms. The molecular weight excluding hydrogens is 210 g/mol. The summed E-state index contributed by atoms with van der Waals surface area (Å²) in [4.78, 5) is 14.5. The first-order valence-electron chi connectivity index (χ1n) is 4.45. The van der Waals surface area contributed by atoms with Gasteiger partial charge in [-0.25, -0.2) is 9.78 Å². The smallest absolute Gasteiger partial charge is 0.354 e. The summed E-state index contributed by atoms with van der Waals surface area (Å²) >= 11 is 4.03. The third-order valence-electron chi connectivity index (χ3n) is 1.75. The number of hydrogen-bond donors (Lipinski definition) is 2. The maximum Gasteiger partial charge on any atom is 0.354 e. The summed E-state index contributed by atoms with van der Waals surface area (Å²) < 4.78 is 0. The van der Waals surface area contributed by atoms with Crippen molar-refractivity contribution in [3.05, 3.63) is 29.1 Å². The average Bonchev–Trinajstić information content (AvgIpc) is 2.17. The Bertz CT molecular complexity index is 432. The van der Waals surface area contributed by atoms with E-state index in [2.05, 4.69) is 29.5 Å². The van der Waals surface area contributed by atoms with Crippen LogP contribution in [0.5, 0.6) is 0 Å². The average molecular weight is 221 g/mol. The maximum absolute atomic E-state index is 10.7. The molecule has 0 atom stereocenters. The van der Waals surface area contributed by atoms with E-state index in [-0.39, 0.29) is 5.69 Å². The second-order valence-electron chi connectivity index (χ2n) is 2.97. The summed E-state index contributed by atoms with van der Waals surface area (Å²) in [5.74, 6) is 5.51. The number of rotatable bonds is 2. The lowest BCUT2D eigenvalue weighted by molar-refractivity contribution is 0.0689. The van der Waals surface area contributed by atoms with Gasteiger partial charge in [0, 0.05) is 23.9 Å². The molecular formula is C11H11NO2S. The van der Waals surface area contributed by atoms with Crippen LogP contribution in [-0.2, 0) is 0 Å². The van der Waals surface area contributed by atoms with Crippen LogP contribution in [0.25, 0.3) is 0 Å². The molecule has 0 unspecified atom stereocenters. The fourth-order valence-electron chi connectivity index (χ4n) is 1.09. The van der Waals surface area contributed by atoms with E-state index in [1.807, 2.05) is 0 Å². The predicted molar refractivity (Wildman–Crippen MR) is 61.3 cm³/mol. The number of hydrogen-bond acceptors (Lipinski definition) is 3. The highest BCUT2D eigenvalue weighted by Crippen LogP contribution is 2.06. The van der Waals surface area contributed by atoms with Crippen molar-refractivity contribution in [2.45, 2.75) is 13.3 Å². The monoisotopic (exact) mass is 221 g/mol. The second-order valence-corrected chi connectivity index (χ2v) is 3.42. The molecule has 1 aromatic heterocycles. The summed E-state index contributed by atoms with van der Waals surface area (Å²) in [7, 11) is 0. The van der Waals surface area contributed by atoms with Crippen LogP contribution in [0.1, 0.15) is 28.0 Å². The van der Waals surface area contributed by atoms with E-state index in [0.717, 1.165) is 5.56 Å². The summed E-state index contributed by atoms with van der Waals surface area (Å²) in [6, 6.07) is 1.72. The highest BCUT2D eigenvalue weighted by molar-refractivity contribution is 7.80. The van der Waals surface area contributed by atoms with E-state index in [1.54, 1.807) is 13.0 Å². The van der Waals surface area contributed by atoms with E-state index < -0.39 is 5.97 Å². The molecule has 1 rings (SSSR count). The SMILES string of the molecule is Cc1cc(C#CCCS)cnc1C(=O)O. The zero-order valence-electron chi connectivity index (χ0n) is 8.32. The van der Waals surface area contributed by atoms with E-state index in [1.165, 1.54) is 6.20 Å². The van der Waals surface area contributed by atoms with Gasteiger partial charge in [0.15, 0.2) is 5.69 Å². The van der Waals surface area contributed by atoms with Gasteiger partial charge >= 0.3 is 5.97 Å². The Morgan fingerprint density at radius 2 is 2.40 bits per heavy atom. The van der Waals surface area contributed by atoms with Gasteiger partial charge in [-0.1, -0.05) is 11.8 Å². The summed E-state index contributed by atoms with van der Waals surface area (Å²) in [5.41, 5.74) is 1.44. The molecule has 0 spiro atoms. The molecule has 0 saturated carbocycles. The van der Waals surface area contributed by atoms with Gasteiger partial charge in [-0.2, -0.15) is 12.6 Å². The highest BCUT2D eigenvalue weighted by atomic mass is 32.1. The fourth-order valence-corrected chi connectivity index (χ4v) is 1.20. The highest BCUT2D eigenvalue weighted by Gasteiger charge is 2.07. The van der Waals surface area contributed by atoms with Crippen molar-refractivity contribution in [3.63, 3.8) is 0 Å². The predicted octanol–water partition coefficient (Wildman–Crippen LogP) is 1.76. The number of nitrogens with zero attached hydrogens (tertiary/aromatic N) is 1. The van der Waals surface area contributed by atoms with Crippen LogP contribution in [0, 0.1) is 18.8 Å². The van der Waals surface area contributed by atoms with Crippen LogP contribution in [0.4, 0.5) is 0 Å². The Morgan fingerprint density at radius 1 is 1.67 bits per heavy atom. The lowest BCUT2D eigenvalue weighted by Crippen LogP contribution is -2.03. The van der Waals surface area contributed by atoms with E-state index in [0.29, 0.717) is 17.7 Å². The largest absolute Gasteiger partial charge is 0.477 e. The van der Waals surface area contributed by atoms with Gasteiger partial charge in [0.05, 0.1) is 0 Å². The van der Waals surface area contributed by atoms with Crippen LogP contribution in [0.2, 0.25) is 0 Å². The minimum absolute atomic E-state index is 0.0785. The number of carbonyl (C=O) groups is 1. The Morgan fingerprint density at radius 3 is 2.93 bits per heavy atom. The summed E-state index contributed by atoms with van der Waals surface area (Å²) in [5, 5.41) is 8.76. The number of pyridine rings is 1. The quantitative estimate of drug-likeness (QED) is 0.591. The number of aromatic nitrogens is 1. The van der Waals surface area contributed by atoms with Crippen molar-refractivity contribution in [2.75, 3.05) is 5.75 Å². The van der Waals surface area contributed by atoms with Gasteiger partial charge in [0.2, 0.25) is 0 Å². The van der Waals surface area contributed by atoms with Crippen molar-refractivity contribution in [1.29, 1.82) is 0 Å². The maximum atomic E-state index is 10.7. The van der Waals surface area contributed by atoms with Gasteiger partial charge < -0.3 is 5.11 Å². The van der Waals surface area contributed by atoms with Crippen LogP contribution in [0.3, 0.4) is 0 Å². The zero-order chi connectivity index (χ0) is 11.3. The standard InChI is InChI=1S/C11H11NO2S/c1-8-6-9(4-2-3-5-15)7-12-10(8)11(13)14/h6-7,15H,3,5H2,1H3,(H,13,14). The molecule has 0 aliphatic rings. The van der Waals surface area contributed by atoms with Crippen molar-refractivity contribution < 1.29 is 9.90 Å². The van der Waals surface area contributed by atoms with Crippen LogP contribution < -0.4 is 0 Å². The molecule has 78 valence electrons. The molecule has 1 N–H and O–H groups in total. The molecule has 0 aromatic carbocycles. The number of carboxylic acids is 1. The Hall–Kier alpha value is -1.47. The molecule has 3 nitrogen and oxygen atoms in total. The van der Waals surface area contributed by atoms with E-state index in [4.69, 9.17) is 5.11 Å². The van der Waals surface area contributed by atoms with Crippen LogP contribution >= 0.6 is 12.6 Å². The number of aromatic carboxylic acids is 1. The fraction of sp³-hybridized carbons (Fsp3) is 0.273. The molecule has 4 heteroatoms. The van der Waals surface area contributed by atoms with Crippen molar-refractivity contribution in [2.24, 2.45) is 0 Å². The van der Waals surface area contributed by atoms with Crippen LogP contribution in [0.15, 0.2) is 12.3 Å². The normalized spacial score (nSPS) is 9.20. The lowest BCUT2D eigenvalue weighted by Gasteiger charge is -1.98. The summed E-state index contributed by atoms with van der Waals surface area (Å²) in [6.45, 7) is 1.71. The molecule has 0 saturated heterocycles. The minimum Gasteiger partial charge on any atom is -0.477 e. The molecule has 0 fully saturated rings. The third kappa shape index (κ3) is 3.30. The Labute approximate surface area is 94.0 Å². The third-order valence-corrected chi connectivity index (χ3v) is 1.97. The second kappa shape index (κ2) is 5.42. The first-order chi connectivity index (χ1) is 7.15. The van der Waals surface area contributed by atoms with E-state index in [9.17, 15) is 4.79 Å². The van der Waals surface area contributed by atoms with Crippen molar-refractivity contribution in [1.82, 2.24) is 4.98 Å². The zero-order valence-corrected chi connectivity index (χ0v) is 9.21.